The first-order valence-corrected chi connectivity index (χ1v) is 12.2. The highest BCUT2D eigenvalue weighted by molar-refractivity contribution is 7.99. The van der Waals surface area contributed by atoms with Crippen LogP contribution in [0.5, 0.6) is 0 Å². The highest BCUT2D eigenvalue weighted by atomic mass is 32.2. The van der Waals surface area contributed by atoms with Crippen LogP contribution in [-0.2, 0) is 17.7 Å². The van der Waals surface area contributed by atoms with Gasteiger partial charge in [0.25, 0.3) is 0 Å². The minimum absolute atomic E-state index is 0.0831. The third-order valence-electron chi connectivity index (χ3n) is 6.20. The number of aromatic amines is 1. The van der Waals surface area contributed by atoms with Crippen LogP contribution in [0.25, 0.3) is 11.3 Å². The highest BCUT2D eigenvalue weighted by Gasteiger charge is 2.21. The fraction of sp³-hybridized carbons (Fsp3) is 0.231. The summed E-state index contributed by atoms with van der Waals surface area (Å²) in [7, 11) is 0. The molecule has 2 N–H and O–H groups in total. The van der Waals surface area contributed by atoms with Crippen LogP contribution >= 0.6 is 11.8 Å². The summed E-state index contributed by atoms with van der Waals surface area (Å²) in [6.07, 6.45) is 2.50. The number of nitrogens with zero attached hydrogens (tertiary/aromatic N) is 2. The van der Waals surface area contributed by atoms with Crippen LogP contribution in [0.2, 0.25) is 0 Å². The summed E-state index contributed by atoms with van der Waals surface area (Å²) in [5, 5.41) is 7.16. The molecule has 0 atom stereocenters. The van der Waals surface area contributed by atoms with E-state index < -0.39 is 0 Å². The summed E-state index contributed by atoms with van der Waals surface area (Å²) in [4.78, 5) is 20.3. The van der Waals surface area contributed by atoms with E-state index in [4.69, 9.17) is 9.26 Å². The van der Waals surface area contributed by atoms with Gasteiger partial charge in [-0.3, -0.25) is 4.79 Å². The smallest absolute Gasteiger partial charge is 0.250 e. The number of hydrogen-bond donors (Lipinski definition) is 2. The Morgan fingerprint density at radius 2 is 1.97 bits per heavy atom. The fourth-order valence-corrected chi connectivity index (χ4v) is 5.68. The lowest BCUT2D eigenvalue weighted by Crippen LogP contribution is -2.36. The number of ether oxygens (including phenoxy) is 1. The Morgan fingerprint density at radius 3 is 2.82 bits per heavy atom. The van der Waals surface area contributed by atoms with Crippen molar-refractivity contribution < 1.29 is 9.26 Å². The molecule has 4 aromatic rings. The third kappa shape index (κ3) is 4.22. The predicted octanol–water partition coefficient (Wildman–Crippen LogP) is 4.53. The van der Waals surface area contributed by atoms with E-state index in [0.717, 1.165) is 47.9 Å². The molecule has 2 aliphatic rings. The first kappa shape index (κ1) is 21.1. The number of aromatic nitrogens is 2. The summed E-state index contributed by atoms with van der Waals surface area (Å²) in [6, 6.07) is 18.4. The molecular weight excluding hydrogens is 448 g/mol. The van der Waals surface area contributed by atoms with Crippen molar-refractivity contribution in [2.45, 2.75) is 22.8 Å². The van der Waals surface area contributed by atoms with Crippen molar-refractivity contribution in [1.82, 2.24) is 10.1 Å². The number of rotatable bonds is 5. The number of anilines is 2. The molecule has 8 heteroatoms. The Balaban J connectivity index is 1.29. The van der Waals surface area contributed by atoms with Gasteiger partial charge in [0.2, 0.25) is 5.56 Å². The van der Waals surface area contributed by atoms with Crippen LogP contribution in [-0.4, -0.2) is 36.4 Å². The van der Waals surface area contributed by atoms with Crippen molar-refractivity contribution in [3.8, 4) is 11.3 Å². The van der Waals surface area contributed by atoms with E-state index in [9.17, 15) is 4.79 Å². The molecule has 6 rings (SSSR count). The van der Waals surface area contributed by atoms with E-state index >= 15 is 0 Å². The second-order valence-corrected chi connectivity index (χ2v) is 9.50. The first-order chi connectivity index (χ1) is 16.7. The number of hydrogen-bond acceptors (Lipinski definition) is 7. The summed E-state index contributed by atoms with van der Waals surface area (Å²) in [6.45, 7) is 3.56. The molecule has 0 spiro atoms. The van der Waals surface area contributed by atoms with Gasteiger partial charge in [-0.05, 0) is 41.8 Å². The van der Waals surface area contributed by atoms with Crippen molar-refractivity contribution in [3.05, 3.63) is 88.0 Å². The van der Waals surface area contributed by atoms with E-state index in [1.807, 2.05) is 6.07 Å². The molecule has 4 heterocycles. The summed E-state index contributed by atoms with van der Waals surface area (Å²) >= 11 is 1.76. The standard InChI is InChI=1S/C26H24N4O3S/c31-25-15-20(30-8-10-32-11-9-30)14-23(29-25)22-3-1-2-17-12-18-13-19(4-5-24(18)34-26(17)22)27-16-21-6-7-28-33-21/h1-7,13-15,27H,8-12,16H2,(H,29,31). The Hall–Kier alpha value is -3.49. The van der Waals surface area contributed by atoms with Crippen LogP contribution < -0.4 is 15.8 Å². The molecule has 0 unspecified atom stereocenters. The number of morpholine rings is 1. The average molecular weight is 473 g/mol. The molecule has 0 amide bonds. The van der Waals surface area contributed by atoms with Crippen molar-refractivity contribution in [2.75, 3.05) is 36.5 Å². The molecule has 0 aliphatic carbocycles. The van der Waals surface area contributed by atoms with E-state index in [1.54, 1.807) is 24.0 Å². The monoisotopic (exact) mass is 472 g/mol. The zero-order chi connectivity index (χ0) is 22.9. The Kier molecular flexibility index (Phi) is 5.60. The third-order valence-corrected chi connectivity index (χ3v) is 7.51. The molecule has 2 aromatic heterocycles. The molecule has 0 bridgehead atoms. The molecule has 34 heavy (non-hydrogen) atoms. The molecular formula is C26H24N4O3S. The van der Waals surface area contributed by atoms with Gasteiger partial charge in [-0.2, -0.15) is 0 Å². The highest BCUT2D eigenvalue weighted by Crippen LogP contribution is 2.45. The van der Waals surface area contributed by atoms with Gasteiger partial charge in [0.05, 0.1) is 31.6 Å². The van der Waals surface area contributed by atoms with Gasteiger partial charge < -0.3 is 24.5 Å². The van der Waals surface area contributed by atoms with Crippen LogP contribution in [0.15, 0.2) is 79.9 Å². The largest absolute Gasteiger partial charge is 0.378 e. The maximum Gasteiger partial charge on any atom is 0.250 e. The van der Waals surface area contributed by atoms with Gasteiger partial charge in [0.1, 0.15) is 0 Å². The SMILES string of the molecule is O=c1cc(N2CCOCC2)cc(-c2cccc3c2Sc2ccc(NCc4ccno4)cc2C3)[nH]1. The molecule has 1 saturated heterocycles. The van der Waals surface area contributed by atoms with E-state index in [0.29, 0.717) is 19.8 Å². The average Bonchev–Trinajstić information content (AvgIpc) is 3.40. The molecule has 172 valence electrons. The molecule has 1 fully saturated rings. The van der Waals surface area contributed by atoms with Gasteiger partial charge in [-0.25, -0.2) is 0 Å². The molecule has 2 aliphatic heterocycles. The van der Waals surface area contributed by atoms with Gasteiger partial charge >= 0.3 is 0 Å². The summed E-state index contributed by atoms with van der Waals surface area (Å²) in [5.74, 6) is 0.801. The zero-order valence-electron chi connectivity index (χ0n) is 18.5. The second kappa shape index (κ2) is 9.04. The van der Waals surface area contributed by atoms with E-state index in [2.05, 4.69) is 62.8 Å². The van der Waals surface area contributed by atoms with Gasteiger partial charge in [-0.1, -0.05) is 35.1 Å². The van der Waals surface area contributed by atoms with Crippen LogP contribution in [0.4, 0.5) is 11.4 Å². The van der Waals surface area contributed by atoms with Gasteiger partial charge in [0.15, 0.2) is 5.76 Å². The first-order valence-electron chi connectivity index (χ1n) is 11.4. The number of nitrogens with one attached hydrogen (secondary N) is 2. The number of H-pyrrole nitrogens is 1. The Labute approximate surface area is 201 Å². The minimum Gasteiger partial charge on any atom is -0.378 e. The maximum absolute atomic E-state index is 12.5. The maximum atomic E-state index is 12.5. The second-order valence-electron chi connectivity index (χ2n) is 8.44. The quantitative estimate of drug-likeness (QED) is 0.389. The van der Waals surface area contributed by atoms with Gasteiger partial charge in [-0.15, -0.1) is 0 Å². The Bertz CT molecular complexity index is 1380. The normalized spacial score (nSPS) is 15.0. The lowest BCUT2D eigenvalue weighted by Gasteiger charge is -2.29. The topological polar surface area (TPSA) is 83.4 Å². The lowest BCUT2D eigenvalue weighted by atomic mass is 9.99. The predicted molar refractivity (Wildman–Crippen MR) is 133 cm³/mol. The molecule has 0 radical (unpaired) electrons. The van der Waals surface area contributed by atoms with Crippen molar-refractivity contribution in [1.29, 1.82) is 0 Å². The van der Waals surface area contributed by atoms with E-state index in [-0.39, 0.29) is 5.56 Å². The molecule has 0 saturated carbocycles. The van der Waals surface area contributed by atoms with Crippen molar-refractivity contribution in [3.63, 3.8) is 0 Å². The minimum atomic E-state index is -0.0831. The summed E-state index contributed by atoms with van der Waals surface area (Å²) < 4.78 is 10.6. The summed E-state index contributed by atoms with van der Waals surface area (Å²) in [5.41, 5.74) is 6.38. The zero-order valence-corrected chi connectivity index (χ0v) is 19.4. The van der Waals surface area contributed by atoms with Crippen molar-refractivity contribution >= 4 is 23.1 Å². The van der Waals surface area contributed by atoms with Crippen LogP contribution in [0.1, 0.15) is 16.9 Å². The van der Waals surface area contributed by atoms with E-state index in [1.165, 1.54) is 20.9 Å². The molecule has 7 nitrogen and oxygen atoms in total. The van der Waals surface area contributed by atoms with Gasteiger partial charge in [0, 0.05) is 52.0 Å². The number of benzene rings is 2. The lowest BCUT2D eigenvalue weighted by molar-refractivity contribution is 0.122. The van der Waals surface area contributed by atoms with Crippen LogP contribution in [0.3, 0.4) is 0 Å². The van der Waals surface area contributed by atoms with Crippen molar-refractivity contribution in [2.24, 2.45) is 0 Å². The van der Waals surface area contributed by atoms with Crippen LogP contribution in [0, 0.1) is 0 Å². The number of fused-ring (bicyclic) bond motifs is 2. The number of pyridine rings is 1. The molecule has 2 aromatic carbocycles. The Morgan fingerprint density at radius 1 is 1.06 bits per heavy atom. The fourth-order valence-electron chi connectivity index (χ4n) is 4.50.